The van der Waals surface area contributed by atoms with Gasteiger partial charge in [-0.3, -0.25) is 4.79 Å². The normalized spacial score (nSPS) is 10.9. The van der Waals surface area contributed by atoms with Gasteiger partial charge in [-0.25, -0.2) is 4.98 Å². The van der Waals surface area contributed by atoms with Crippen LogP contribution in [0.5, 0.6) is 5.75 Å². The highest BCUT2D eigenvalue weighted by molar-refractivity contribution is 6.36. The fraction of sp³-hybridized carbons (Fsp3) is 0.125. The molecular formula is C16H12Cl2N2O3. The molecule has 0 atom stereocenters. The summed E-state index contributed by atoms with van der Waals surface area (Å²) in [5, 5.41) is 9.98. The number of carbonyl (C=O) groups is 1. The van der Waals surface area contributed by atoms with Gasteiger partial charge >= 0.3 is 5.97 Å². The number of ether oxygens (including phenoxy) is 1. The van der Waals surface area contributed by atoms with Crippen LogP contribution in [0, 0.1) is 0 Å². The molecule has 2 aromatic heterocycles. The highest BCUT2D eigenvalue weighted by Gasteiger charge is 2.18. The Labute approximate surface area is 142 Å². The van der Waals surface area contributed by atoms with E-state index in [1.165, 1.54) is 0 Å². The topological polar surface area (TPSA) is 63.8 Å². The molecule has 0 fully saturated rings. The van der Waals surface area contributed by atoms with Gasteiger partial charge in [-0.2, -0.15) is 0 Å². The van der Waals surface area contributed by atoms with Crippen molar-refractivity contribution in [2.24, 2.45) is 0 Å². The molecule has 23 heavy (non-hydrogen) atoms. The van der Waals surface area contributed by atoms with E-state index in [2.05, 4.69) is 4.98 Å². The van der Waals surface area contributed by atoms with Crippen molar-refractivity contribution in [1.82, 2.24) is 9.38 Å². The quantitative estimate of drug-likeness (QED) is 0.773. The molecule has 5 nitrogen and oxygen atoms in total. The number of imidazole rings is 1. The highest BCUT2D eigenvalue weighted by atomic mass is 35.5. The fourth-order valence-corrected chi connectivity index (χ4v) is 2.93. The van der Waals surface area contributed by atoms with E-state index in [4.69, 9.17) is 27.9 Å². The highest BCUT2D eigenvalue weighted by Crippen LogP contribution is 2.31. The fourth-order valence-electron chi connectivity index (χ4n) is 2.41. The van der Waals surface area contributed by atoms with Crippen molar-refractivity contribution in [1.29, 1.82) is 0 Å². The summed E-state index contributed by atoms with van der Waals surface area (Å²) < 4.78 is 6.76. The summed E-state index contributed by atoms with van der Waals surface area (Å²) >= 11 is 12.2. The average molecular weight is 351 g/mol. The molecule has 0 aliphatic carbocycles. The van der Waals surface area contributed by atoms with Crippen LogP contribution >= 0.6 is 23.2 Å². The Morgan fingerprint density at radius 3 is 2.61 bits per heavy atom. The minimum atomic E-state index is -0.961. The number of hydrogen-bond donors (Lipinski definition) is 1. The molecule has 1 aromatic carbocycles. The van der Waals surface area contributed by atoms with Crippen LogP contribution in [0.2, 0.25) is 10.0 Å². The van der Waals surface area contributed by atoms with Crippen LogP contribution in [-0.2, 0) is 11.2 Å². The van der Waals surface area contributed by atoms with E-state index < -0.39 is 5.97 Å². The number of fused-ring (bicyclic) bond motifs is 1. The smallest absolute Gasteiger partial charge is 0.309 e. The van der Waals surface area contributed by atoms with Crippen molar-refractivity contribution >= 4 is 34.8 Å². The number of rotatable bonds is 4. The van der Waals surface area contributed by atoms with Gasteiger partial charge in [0, 0.05) is 11.8 Å². The van der Waals surface area contributed by atoms with Gasteiger partial charge in [-0.05, 0) is 30.3 Å². The maximum atomic E-state index is 11.2. The van der Waals surface area contributed by atoms with Gasteiger partial charge in [0.05, 0.1) is 35.0 Å². The van der Waals surface area contributed by atoms with Crippen LogP contribution < -0.4 is 4.74 Å². The predicted molar refractivity (Wildman–Crippen MR) is 88.5 cm³/mol. The molecule has 0 spiro atoms. The van der Waals surface area contributed by atoms with E-state index in [1.807, 2.05) is 12.1 Å². The Morgan fingerprint density at radius 2 is 2.00 bits per heavy atom. The zero-order valence-electron chi connectivity index (χ0n) is 12.1. The first-order chi connectivity index (χ1) is 11.0. The lowest BCUT2D eigenvalue weighted by atomic mass is 10.1. The summed E-state index contributed by atoms with van der Waals surface area (Å²) in [6.45, 7) is 0. The molecule has 0 amide bonds. The number of aromatic nitrogens is 2. The van der Waals surface area contributed by atoms with E-state index in [0.717, 1.165) is 5.56 Å². The minimum absolute atomic E-state index is 0.195. The molecule has 0 saturated carbocycles. The van der Waals surface area contributed by atoms with Crippen molar-refractivity contribution in [3.63, 3.8) is 0 Å². The summed E-state index contributed by atoms with van der Waals surface area (Å²) in [5.41, 5.74) is 2.32. The maximum absolute atomic E-state index is 11.2. The number of carboxylic acid groups (broad SMARTS) is 1. The summed E-state index contributed by atoms with van der Waals surface area (Å²) in [6, 6.07) is 8.80. The van der Waals surface area contributed by atoms with Crippen LogP contribution in [0.4, 0.5) is 0 Å². The SMILES string of the molecule is COc1ccc(-c2nc3c(Cl)cc(Cl)cn3c2CC(=O)O)cc1. The number of benzene rings is 1. The van der Waals surface area contributed by atoms with Crippen LogP contribution in [0.15, 0.2) is 36.5 Å². The Morgan fingerprint density at radius 1 is 1.30 bits per heavy atom. The number of methoxy groups -OCH3 is 1. The average Bonchev–Trinajstić information content (AvgIpc) is 2.86. The first-order valence-electron chi connectivity index (χ1n) is 6.72. The van der Waals surface area contributed by atoms with E-state index in [1.54, 1.807) is 35.9 Å². The second-order valence-corrected chi connectivity index (χ2v) is 5.75. The Bertz CT molecular complexity index is 888. The molecule has 0 radical (unpaired) electrons. The molecule has 7 heteroatoms. The van der Waals surface area contributed by atoms with Crippen molar-refractivity contribution in [2.75, 3.05) is 7.11 Å². The lowest BCUT2D eigenvalue weighted by Gasteiger charge is -2.05. The molecule has 0 aliphatic rings. The van der Waals surface area contributed by atoms with E-state index >= 15 is 0 Å². The van der Waals surface area contributed by atoms with Gasteiger partial charge < -0.3 is 14.2 Å². The van der Waals surface area contributed by atoms with Crippen molar-refractivity contribution < 1.29 is 14.6 Å². The van der Waals surface area contributed by atoms with Crippen molar-refractivity contribution in [2.45, 2.75) is 6.42 Å². The molecule has 2 heterocycles. The molecule has 0 aliphatic heterocycles. The second-order valence-electron chi connectivity index (χ2n) is 4.91. The number of aliphatic carboxylic acids is 1. The number of pyridine rings is 1. The third-order valence-corrected chi connectivity index (χ3v) is 3.91. The molecular weight excluding hydrogens is 339 g/mol. The zero-order chi connectivity index (χ0) is 16.6. The van der Waals surface area contributed by atoms with Gasteiger partial charge in [-0.1, -0.05) is 23.2 Å². The van der Waals surface area contributed by atoms with Crippen LogP contribution in [0.3, 0.4) is 0 Å². The van der Waals surface area contributed by atoms with E-state index in [0.29, 0.717) is 32.8 Å². The van der Waals surface area contributed by atoms with E-state index in [9.17, 15) is 9.90 Å². The summed E-state index contributed by atoms with van der Waals surface area (Å²) in [7, 11) is 1.58. The molecule has 0 bridgehead atoms. The monoisotopic (exact) mass is 350 g/mol. The van der Waals surface area contributed by atoms with Gasteiger partial charge in [0.2, 0.25) is 0 Å². The molecule has 1 N–H and O–H groups in total. The predicted octanol–water partition coefficient (Wildman–Crippen LogP) is 3.94. The maximum Gasteiger partial charge on any atom is 0.309 e. The lowest BCUT2D eigenvalue weighted by molar-refractivity contribution is -0.136. The third kappa shape index (κ3) is 2.98. The van der Waals surface area contributed by atoms with Gasteiger partial charge in [0.15, 0.2) is 5.65 Å². The lowest BCUT2D eigenvalue weighted by Crippen LogP contribution is -2.04. The number of nitrogens with zero attached hydrogens (tertiary/aromatic N) is 2. The zero-order valence-corrected chi connectivity index (χ0v) is 13.6. The molecule has 0 unspecified atom stereocenters. The van der Waals surface area contributed by atoms with Crippen LogP contribution in [0.1, 0.15) is 5.69 Å². The van der Waals surface area contributed by atoms with Crippen molar-refractivity contribution in [3.05, 3.63) is 52.3 Å². The summed E-state index contributed by atoms with van der Waals surface area (Å²) in [5.74, 6) is -0.254. The Kier molecular flexibility index (Phi) is 4.15. The van der Waals surface area contributed by atoms with Gasteiger partial charge in [0.1, 0.15) is 5.75 Å². The summed E-state index contributed by atoms with van der Waals surface area (Å²) in [4.78, 5) is 15.7. The summed E-state index contributed by atoms with van der Waals surface area (Å²) in [6.07, 6.45) is 1.42. The van der Waals surface area contributed by atoms with Gasteiger partial charge in [0.25, 0.3) is 0 Å². The molecule has 3 rings (SSSR count). The van der Waals surface area contributed by atoms with Crippen LogP contribution in [0.25, 0.3) is 16.9 Å². The van der Waals surface area contributed by atoms with Gasteiger partial charge in [-0.15, -0.1) is 0 Å². The van der Waals surface area contributed by atoms with Crippen molar-refractivity contribution in [3.8, 4) is 17.0 Å². The molecule has 118 valence electrons. The van der Waals surface area contributed by atoms with E-state index in [-0.39, 0.29) is 6.42 Å². The first-order valence-corrected chi connectivity index (χ1v) is 7.47. The number of carboxylic acids is 1. The Hall–Kier alpha value is -2.24. The standard InChI is InChI=1S/C16H12Cl2N2O3/c1-23-11-4-2-9(3-5-11)15-13(7-14(21)22)20-8-10(17)6-12(18)16(20)19-15/h2-6,8H,7H2,1H3,(H,21,22). The molecule has 0 saturated heterocycles. The molecule has 3 aromatic rings. The third-order valence-electron chi connectivity index (χ3n) is 3.42. The Balaban J connectivity index is 2.25. The largest absolute Gasteiger partial charge is 0.497 e. The number of hydrogen-bond acceptors (Lipinski definition) is 3. The minimum Gasteiger partial charge on any atom is -0.497 e. The van der Waals surface area contributed by atoms with Crippen LogP contribution in [-0.4, -0.2) is 27.6 Å². The first kappa shape index (κ1) is 15.6. The second kappa shape index (κ2) is 6.10. The number of halogens is 2.